The van der Waals surface area contributed by atoms with Crippen LogP contribution in [-0.4, -0.2) is 30.2 Å². The highest BCUT2D eigenvalue weighted by molar-refractivity contribution is 5.81. The van der Waals surface area contributed by atoms with Crippen molar-refractivity contribution in [2.45, 2.75) is 51.9 Å². The molecule has 1 unspecified atom stereocenters. The van der Waals surface area contributed by atoms with Crippen LogP contribution in [0, 0.1) is 0 Å². The molecule has 0 bridgehead atoms. The first kappa shape index (κ1) is 22.6. The molecule has 0 spiro atoms. The van der Waals surface area contributed by atoms with E-state index in [0.717, 1.165) is 65.7 Å². The van der Waals surface area contributed by atoms with Crippen LogP contribution < -0.4 is 5.56 Å². The van der Waals surface area contributed by atoms with E-state index in [4.69, 9.17) is 0 Å². The van der Waals surface area contributed by atoms with Crippen molar-refractivity contribution in [1.29, 1.82) is 0 Å². The maximum Gasteiger partial charge on any atom is 0.257 e. The van der Waals surface area contributed by atoms with E-state index in [9.17, 15) is 4.79 Å². The number of hydrogen-bond acceptors (Lipinski definition) is 5. The Balaban J connectivity index is 1.85. The molecule has 7 nitrogen and oxygen atoms in total. The van der Waals surface area contributed by atoms with Crippen LogP contribution in [0.4, 0.5) is 0 Å². The van der Waals surface area contributed by atoms with Gasteiger partial charge in [-0.3, -0.25) is 9.36 Å². The standard InChI is InChI=1S/C26H30N6O/c1-4-6-13-20(23-17-27-24(10-5-2)32(3)26(23)33)19-14-15-21(18-11-8-7-9-12-18)22(16-19)25-28-30-31-29-25/h7-9,11-12,14-17,20H,4-6,10,13H2,1-3H3,(H,28,29,30,31). The Hall–Kier alpha value is -3.61. The summed E-state index contributed by atoms with van der Waals surface area (Å²) in [4.78, 5) is 18.0. The summed E-state index contributed by atoms with van der Waals surface area (Å²) in [5.74, 6) is 1.31. The fraction of sp³-hybridized carbons (Fsp3) is 0.346. The second-order valence-corrected chi connectivity index (χ2v) is 8.35. The van der Waals surface area contributed by atoms with E-state index in [0.29, 0.717) is 5.82 Å². The van der Waals surface area contributed by atoms with E-state index in [1.807, 2.05) is 25.2 Å². The molecule has 1 N–H and O–H groups in total. The zero-order chi connectivity index (χ0) is 23.2. The average Bonchev–Trinajstić information content (AvgIpc) is 3.39. The van der Waals surface area contributed by atoms with Crippen LogP contribution >= 0.6 is 0 Å². The zero-order valence-electron chi connectivity index (χ0n) is 19.5. The molecule has 0 aliphatic rings. The van der Waals surface area contributed by atoms with Gasteiger partial charge in [-0.2, -0.15) is 5.21 Å². The third kappa shape index (κ3) is 4.77. The van der Waals surface area contributed by atoms with E-state index in [2.05, 4.69) is 69.8 Å². The van der Waals surface area contributed by atoms with Gasteiger partial charge in [0.1, 0.15) is 5.82 Å². The predicted molar refractivity (Wildman–Crippen MR) is 130 cm³/mol. The minimum Gasteiger partial charge on any atom is -0.300 e. The fourth-order valence-corrected chi connectivity index (χ4v) is 4.31. The summed E-state index contributed by atoms with van der Waals surface area (Å²) in [5, 5.41) is 14.8. The molecule has 1 atom stereocenters. The second-order valence-electron chi connectivity index (χ2n) is 8.35. The SMILES string of the molecule is CCCCC(c1ccc(-c2ccccc2)c(-c2nn[nH]n2)c1)c1cnc(CCC)n(C)c1=O. The van der Waals surface area contributed by atoms with Crippen molar-refractivity contribution in [3.63, 3.8) is 0 Å². The predicted octanol–water partition coefficient (Wildman–Crippen LogP) is 4.90. The molecular formula is C26H30N6O. The number of tetrazole rings is 1. The van der Waals surface area contributed by atoms with Crippen molar-refractivity contribution >= 4 is 0 Å². The summed E-state index contributed by atoms with van der Waals surface area (Å²) in [7, 11) is 1.82. The topological polar surface area (TPSA) is 89.3 Å². The third-order valence-corrected chi connectivity index (χ3v) is 6.10. The Bertz CT molecular complexity index is 1250. The molecule has 2 aromatic carbocycles. The molecule has 0 saturated heterocycles. The largest absolute Gasteiger partial charge is 0.300 e. The lowest BCUT2D eigenvalue weighted by Crippen LogP contribution is -2.27. The number of aromatic nitrogens is 6. The number of H-pyrrole nitrogens is 1. The van der Waals surface area contributed by atoms with Gasteiger partial charge in [-0.15, -0.1) is 10.2 Å². The summed E-state index contributed by atoms with van der Waals surface area (Å²) < 4.78 is 1.70. The van der Waals surface area contributed by atoms with E-state index >= 15 is 0 Å². The third-order valence-electron chi connectivity index (χ3n) is 6.10. The molecule has 4 aromatic rings. The molecule has 0 aliphatic carbocycles. The van der Waals surface area contributed by atoms with Gasteiger partial charge in [0.15, 0.2) is 0 Å². The monoisotopic (exact) mass is 442 g/mol. The van der Waals surface area contributed by atoms with Crippen molar-refractivity contribution in [3.05, 3.63) is 82.0 Å². The quantitative estimate of drug-likeness (QED) is 0.398. The summed E-state index contributed by atoms with van der Waals surface area (Å²) in [6.45, 7) is 4.26. The van der Waals surface area contributed by atoms with Crippen molar-refractivity contribution in [3.8, 4) is 22.5 Å². The molecule has 0 saturated carbocycles. The lowest BCUT2D eigenvalue weighted by molar-refractivity contribution is 0.621. The number of nitrogens with zero attached hydrogens (tertiary/aromatic N) is 5. The van der Waals surface area contributed by atoms with Gasteiger partial charge < -0.3 is 0 Å². The van der Waals surface area contributed by atoms with Crippen molar-refractivity contribution in [1.82, 2.24) is 30.2 Å². The lowest BCUT2D eigenvalue weighted by Gasteiger charge is -2.20. The molecule has 0 radical (unpaired) electrons. The van der Waals surface area contributed by atoms with Crippen LogP contribution in [0.1, 0.15) is 62.4 Å². The van der Waals surface area contributed by atoms with Gasteiger partial charge in [0.2, 0.25) is 5.82 Å². The number of unbranched alkanes of at least 4 members (excludes halogenated alkanes) is 1. The molecule has 7 heteroatoms. The number of hydrogen-bond donors (Lipinski definition) is 1. The molecular weight excluding hydrogens is 412 g/mol. The van der Waals surface area contributed by atoms with Crippen LogP contribution in [0.5, 0.6) is 0 Å². The maximum atomic E-state index is 13.3. The van der Waals surface area contributed by atoms with E-state index in [1.165, 1.54) is 0 Å². The van der Waals surface area contributed by atoms with Gasteiger partial charge in [0.25, 0.3) is 5.56 Å². The highest BCUT2D eigenvalue weighted by atomic mass is 16.1. The van der Waals surface area contributed by atoms with Crippen molar-refractivity contribution < 1.29 is 0 Å². The summed E-state index contributed by atoms with van der Waals surface area (Å²) in [6.07, 6.45) is 6.47. The number of nitrogens with one attached hydrogen (secondary N) is 1. The molecule has 0 amide bonds. The van der Waals surface area contributed by atoms with E-state index in [1.54, 1.807) is 10.8 Å². The lowest BCUT2D eigenvalue weighted by atomic mass is 9.85. The summed E-state index contributed by atoms with van der Waals surface area (Å²) in [6, 6.07) is 16.5. The van der Waals surface area contributed by atoms with Crippen molar-refractivity contribution in [2.75, 3.05) is 0 Å². The normalized spacial score (nSPS) is 12.1. The Labute approximate surface area is 193 Å². The summed E-state index contributed by atoms with van der Waals surface area (Å²) in [5.41, 5.74) is 4.82. The molecule has 33 heavy (non-hydrogen) atoms. The number of benzene rings is 2. The second kappa shape index (κ2) is 10.3. The van der Waals surface area contributed by atoms with Gasteiger partial charge in [0, 0.05) is 36.7 Å². The van der Waals surface area contributed by atoms with E-state index in [-0.39, 0.29) is 11.5 Å². The van der Waals surface area contributed by atoms with Crippen LogP contribution in [0.2, 0.25) is 0 Å². The molecule has 2 aromatic heterocycles. The maximum absolute atomic E-state index is 13.3. The number of aromatic amines is 1. The Morgan fingerprint density at radius 3 is 2.55 bits per heavy atom. The van der Waals surface area contributed by atoms with Gasteiger partial charge in [-0.1, -0.05) is 69.2 Å². The molecule has 0 fully saturated rings. The average molecular weight is 443 g/mol. The highest BCUT2D eigenvalue weighted by Gasteiger charge is 2.22. The van der Waals surface area contributed by atoms with E-state index < -0.39 is 0 Å². The highest BCUT2D eigenvalue weighted by Crippen LogP contribution is 2.35. The van der Waals surface area contributed by atoms with Crippen LogP contribution in [0.3, 0.4) is 0 Å². The minimum absolute atomic E-state index is 0.0304. The fourth-order valence-electron chi connectivity index (χ4n) is 4.31. The molecule has 170 valence electrons. The van der Waals surface area contributed by atoms with Gasteiger partial charge >= 0.3 is 0 Å². The van der Waals surface area contributed by atoms with Gasteiger partial charge in [0.05, 0.1) is 0 Å². The first-order valence-electron chi connectivity index (χ1n) is 11.6. The van der Waals surface area contributed by atoms with Crippen LogP contribution in [0.15, 0.2) is 59.5 Å². The van der Waals surface area contributed by atoms with Gasteiger partial charge in [-0.05, 0) is 40.8 Å². The van der Waals surface area contributed by atoms with Crippen LogP contribution in [0.25, 0.3) is 22.5 Å². The molecule has 4 rings (SSSR count). The number of aryl methyl sites for hydroxylation is 1. The zero-order valence-corrected chi connectivity index (χ0v) is 19.5. The Morgan fingerprint density at radius 2 is 1.85 bits per heavy atom. The molecule has 0 aliphatic heterocycles. The van der Waals surface area contributed by atoms with Gasteiger partial charge in [-0.25, -0.2) is 4.98 Å². The van der Waals surface area contributed by atoms with Crippen LogP contribution in [-0.2, 0) is 13.5 Å². The Morgan fingerprint density at radius 1 is 1.03 bits per heavy atom. The minimum atomic E-state index is -0.0534. The summed E-state index contributed by atoms with van der Waals surface area (Å²) >= 11 is 0. The molecule has 2 heterocycles. The van der Waals surface area contributed by atoms with Crippen molar-refractivity contribution in [2.24, 2.45) is 7.05 Å². The Kier molecular flexibility index (Phi) is 7.07. The smallest absolute Gasteiger partial charge is 0.257 e. The number of rotatable bonds is 9. The first-order valence-corrected chi connectivity index (χ1v) is 11.6. The first-order chi connectivity index (χ1) is 16.1.